The van der Waals surface area contributed by atoms with Crippen molar-refractivity contribution in [1.29, 1.82) is 0 Å². The number of benzene rings is 1. The van der Waals surface area contributed by atoms with E-state index in [9.17, 15) is 0 Å². The Morgan fingerprint density at radius 1 is 1.20 bits per heavy atom. The highest BCUT2D eigenvalue weighted by Crippen LogP contribution is 2.32. The van der Waals surface area contributed by atoms with Crippen LogP contribution in [-0.4, -0.2) is 0 Å². The van der Waals surface area contributed by atoms with Crippen LogP contribution in [0.25, 0.3) is 6.08 Å². The van der Waals surface area contributed by atoms with E-state index < -0.39 is 0 Å². The summed E-state index contributed by atoms with van der Waals surface area (Å²) in [5.74, 6) is 0.602. The molecule has 0 N–H and O–H groups in total. The van der Waals surface area contributed by atoms with Gasteiger partial charge >= 0.3 is 0 Å². The molecule has 3 rings (SSSR count). The van der Waals surface area contributed by atoms with Gasteiger partial charge in [-0.05, 0) is 30.0 Å². The monoisotopic (exact) mass is 194 g/mol. The summed E-state index contributed by atoms with van der Waals surface area (Å²) in [6.07, 6.45) is 12.3. The third-order valence-corrected chi connectivity index (χ3v) is 3.23. The fourth-order valence-corrected chi connectivity index (χ4v) is 2.39. The Morgan fingerprint density at radius 3 is 3.07 bits per heavy atom. The van der Waals surface area contributed by atoms with Gasteiger partial charge < -0.3 is 0 Å². The van der Waals surface area contributed by atoms with Crippen LogP contribution >= 0.6 is 0 Å². The van der Waals surface area contributed by atoms with Crippen molar-refractivity contribution >= 4 is 6.08 Å². The maximum Gasteiger partial charge on any atom is 0.00619 e. The minimum absolute atomic E-state index is 0.602. The molecular formula is C15H14. The van der Waals surface area contributed by atoms with Crippen molar-refractivity contribution in [1.82, 2.24) is 0 Å². The van der Waals surface area contributed by atoms with E-state index in [0.29, 0.717) is 5.92 Å². The second kappa shape index (κ2) is 3.23. The molecule has 0 heteroatoms. The molecule has 1 aromatic rings. The molecule has 0 fully saturated rings. The smallest absolute Gasteiger partial charge is 0.00619 e. The lowest BCUT2D eigenvalue weighted by molar-refractivity contribution is 0.758. The van der Waals surface area contributed by atoms with Crippen LogP contribution < -0.4 is 0 Å². The Morgan fingerprint density at radius 2 is 2.13 bits per heavy atom. The lowest BCUT2D eigenvalue weighted by Crippen LogP contribution is -2.11. The molecule has 0 bridgehead atoms. The van der Waals surface area contributed by atoms with Gasteiger partial charge in [0, 0.05) is 5.92 Å². The number of hydrogen-bond acceptors (Lipinski definition) is 0. The van der Waals surface area contributed by atoms with Gasteiger partial charge in [0.15, 0.2) is 0 Å². The van der Waals surface area contributed by atoms with Gasteiger partial charge in [0.05, 0.1) is 0 Å². The molecule has 0 aromatic heterocycles. The molecule has 0 saturated carbocycles. The van der Waals surface area contributed by atoms with E-state index in [2.05, 4.69) is 55.5 Å². The number of aryl methyl sites for hydroxylation is 1. The first-order valence-electron chi connectivity index (χ1n) is 5.49. The normalized spacial score (nSPS) is 21.9. The molecular weight excluding hydrogens is 180 g/mol. The number of allylic oxidation sites excluding steroid dienone is 5. The lowest BCUT2D eigenvalue weighted by atomic mass is 9.81. The van der Waals surface area contributed by atoms with E-state index in [4.69, 9.17) is 0 Å². The molecule has 0 radical (unpaired) electrons. The first-order valence-corrected chi connectivity index (χ1v) is 5.49. The summed E-state index contributed by atoms with van der Waals surface area (Å²) in [6.45, 7) is 2.15. The fourth-order valence-electron chi connectivity index (χ4n) is 2.39. The first kappa shape index (κ1) is 8.72. The van der Waals surface area contributed by atoms with E-state index in [1.54, 1.807) is 0 Å². The molecule has 74 valence electrons. The zero-order valence-corrected chi connectivity index (χ0v) is 8.90. The van der Waals surface area contributed by atoms with Crippen LogP contribution in [0.4, 0.5) is 0 Å². The average Bonchev–Trinajstić information content (AvgIpc) is 2.26. The molecule has 1 aromatic carbocycles. The largest absolute Gasteiger partial charge is 0.0767 e. The second-order valence-corrected chi connectivity index (χ2v) is 4.40. The number of hydrogen-bond donors (Lipinski definition) is 0. The van der Waals surface area contributed by atoms with Crippen LogP contribution in [-0.2, 0) is 6.42 Å². The molecule has 0 nitrogen and oxygen atoms in total. The lowest BCUT2D eigenvalue weighted by Gasteiger charge is -2.23. The summed E-state index contributed by atoms with van der Waals surface area (Å²) in [6, 6.07) is 6.76. The van der Waals surface area contributed by atoms with Crippen molar-refractivity contribution in [3.63, 3.8) is 0 Å². The van der Waals surface area contributed by atoms with Gasteiger partial charge in [0.25, 0.3) is 0 Å². The summed E-state index contributed by atoms with van der Waals surface area (Å²) in [4.78, 5) is 0. The molecule has 0 saturated heterocycles. The molecule has 1 atom stereocenters. The minimum Gasteiger partial charge on any atom is -0.0767 e. The molecule has 0 aliphatic heterocycles. The predicted molar refractivity (Wildman–Crippen MR) is 64.6 cm³/mol. The Kier molecular flexibility index (Phi) is 1.88. The topological polar surface area (TPSA) is 0 Å². The zero-order chi connectivity index (χ0) is 10.3. The van der Waals surface area contributed by atoms with Crippen molar-refractivity contribution in [2.75, 3.05) is 0 Å². The van der Waals surface area contributed by atoms with Crippen LogP contribution in [0, 0.1) is 12.8 Å². The van der Waals surface area contributed by atoms with Crippen molar-refractivity contribution in [2.45, 2.75) is 13.3 Å². The van der Waals surface area contributed by atoms with Crippen LogP contribution in [0.15, 0.2) is 48.1 Å². The van der Waals surface area contributed by atoms with Gasteiger partial charge in [0.2, 0.25) is 0 Å². The maximum absolute atomic E-state index is 2.33. The van der Waals surface area contributed by atoms with Crippen LogP contribution in [0.2, 0.25) is 0 Å². The minimum atomic E-state index is 0.602. The van der Waals surface area contributed by atoms with Gasteiger partial charge in [-0.25, -0.2) is 0 Å². The highest BCUT2D eigenvalue weighted by atomic mass is 14.2. The standard InChI is InChI=1S/C15H14/c1-11-6-7-14-9-12-4-2-3-5-13(12)10-15(14)8-11/h2-8,10,12H,9H2,1H3. The summed E-state index contributed by atoms with van der Waals surface area (Å²) in [5, 5.41) is 0. The number of fused-ring (bicyclic) bond motifs is 2. The van der Waals surface area contributed by atoms with Crippen LogP contribution in [0.1, 0.15) is 16.7 Å². The van der Waals surface area contributed by atoms with Crippen LogP contribution in [0.5, 0.6) is 0 Å². The molecule has 0 amide bonds. The van der Waals surface area contributed by atoms with E-state index in [-0.39, 0.29) is 0 Å². The van der Waals surface area contributed by atoms with E-state index in [1.165, 1.54) is 22.3 Å². The molecule has 0 spiro atoms. The third kappa shape index (κ3) is 1.46. The molecule has 15 heavy (non-hydrogen) atoms. The summed E-state index contributed by atoms with van der Waals surface area (Å²) < 4.78 is 0. The fraction of sp³-hybridized carbons (Fsp3) is 0.200. The third-order valence-electron chi connectivity index (χ3n) is 3.23. The molecule has 0 heterocycles. The number of rotatable bonds is 0. The summed E-state index contributed by atoms with van der Waals surface area (Å²) in [7, 11) is 0. The van der Waals surface area contributed by atoms with Crippen molar-refractivity contribution in [3.05, 3.63) is 64.8 Å². The van der Waals surface area contributed by atoms with Crippen molar-refractivity contribution < 1.29 is 0 Å². The quantitative estimate of drug-likeness (QED) is 0.591. The van der Waals surface area contributed by atoms with Crippen molar-refractivity contribution in [2.24, 2.45) is 5.92 Å². The zero-order valence-electron chi connectivity index (χ0n) is 8.90. The Balaban J connectivity index is 2.12. The van der Waals surface area contributed by atoms with Crippen molar-refractivity contribution in [3.8, 4) is 0 Å². The maximum atomic E-state index is 2.33. The first-order chi connectivity index (χ1) is 7.33. The molecule has 1 unspecified atom stereocenters. The second-order valence-electron chi connectivity index (χ2n) is 4.40. The molecule has 2 aliphatic rings. The van der Waals surface area contributed by atoms with Gasteiger partial charge in [-0.1, -0.05) is 54.1 Å². The van der Waals surface area contributed by atoms with E-state index >= 15 is 0 Å². The van der Waals surface area contributed by atoms with Crippen LogP contribution in [0.3, 0.4) is 0 Å². The summed E-state index contributed by atoms with van der Waals surface area (Å²) >= 11 is 0. The highest BCUT2D eigenvalue weighted by molar-refractivity contribution is 5.65. The highest BCUT2D eigenvalue weighted by Gasteiger charge is 2.18. The Hall–Kier alpha value is -1.56. The van der Waals surface area contributed by atoms with Gasteiger partial charge in [0.1, 0.15) is 0 Å². The Labute approximate surface area is 90.6 Å². The van der Waals surface area contributed by atoms with Gasteiger partial charge in [-0.3, -0.25) is 0 Å². The SMILES string of the molecule is Cc1ccc2c(c1)C=C1C=CC=CC1C2. The van der Waals surface area contributed by atoms with E-state index in [1.807, 2.05) is 0 Å². The summed E-state index contributed by atoms with van der Waals surface area (Å²) in [5.41, 5.74) is 5.69. The average molecular weight is 194 g/mol. The predicted octanol–water partition coefficient (Wildman–Crippen LogP) is 3.68. The van der Waals surface area contributed by atoms with E-state index in [0.717, 1.165) is 6.42 Å². The van der Waals surface area contributed by atoms with Gasteiger partial charge in [-0.2, -0.15) is 0 Å². The Bertz CT molecular complexity index is 487. The molecule has 2 aliphatic carbocycles. The van der Waals surface area contributed by atoms with Gasteiger partial charge in [-0.15, -0.1) is 0 Å².